The van der Waals surface area contributed by atoms with Gasteiger partial charge in [0.05, 0.1) is 25.2 Å². The fourth-order valence-electron chi connectivity index (χ4n) is 3.37. The molecule has 2 aliphatic heterocycles. The molecule has 30 heavy (non-hydrogen) atoms. The molecule has 0 unspecified atom stereocenters. The van der Waals surface area contributed by atoms with E-state index in [2.05, 4.69) is 20.2 Å². The van der Waals surface area contributed by atoms with Crippen molar-refractivity contribution in [2.24, 2.45) is 11.8 Å². The Hall–Kier alpha value is -2.47. The lowest BCUT2D eigenvalue weighted by atomic mass is 9.83. The zero-order valence-electron chi connectivity index (χ0n) is 16.5. The van der Waals surface area contributed by atoms with Crippen molar-refractivity contribution in [1.82, 2.24) is 15.3 Å². The average Bonchev–Trinajstić information content (AvgIpc) is 2.73. The van der Waals surface area contributed by atoms with Gasteiger partial charge in [0.15, 0.2) is 0 Å². The van der Waals surface area contributed by atoms with Crippen LogP contribution in [0.25, 0.3) is 0 Å². The van der Waals surface area contributed by atoms with E-state index >= 15 is 0 Å². The molecule has 2 fully saturated rings. The summed E-state index contributed by atoms with van der Waals surface area (Å²) in [6, 6.07) is 1.82. The van der Waals surface area contributed by atoms with Gasteiger partial charge in [0.25, 0.3) is 0 Å². The van der Waals surface area contributed by atoms with E-state index in [1.54, 1.807) is 19.5 Å². The number of hydrogen-bond donors (Lipinski definition) is 2. The number of carboxylic acid groups (broad SMARTS) is 1. The molecule has 3 rings (SSSR count). The van der Waals surface area contributed by atoms with Gasteiger partial charge in [0.2, 0.25) is 11.9 Å². The summed E-state index contributed by atoms with van der Waals surface area (Å²) in [5, 5.41) is 10.0. The van der Waals surface area contributed by atoms with Gasteiger partial charge in [0.1, 0.15) is 0 Å². The number of halogens is 3. The van der Waals surface area contributed by atoms with Gasteiger partial charge >= 0.3 is 12.1 Å². The zero-order valence-corrected chi connectivity index (χ0v) is 16.5. The number of ether oxygens (including phenoxy) is 2. The van der Waals surface area contributed by atoms with Gasteiger partial charge in [-0.25, -0.2) is 14.8 Å². The fraction of sp³-hybridized carbons (Fsp3) is 0.667. The molecule has 9 nitrogen and oxygen atoms in total. The van der Waals surface area contributed by atoms with E-state index in [0.29, 0.717) is 25.7 Å². The van der Waals surface area contributed by atoms with Crippen LogP contribution in [-0.4, -0.2) is 79.2 Å². The molecule has 1 amide bonds. The number of amides is 1. The molecule has 3 atom stereocenters. The Balaban J connectivity index is 0.000000396. The number of aromatic nitrogens is 2. The Morgan fingerprint density at radius 3 is 2.63 bits per heavy atom. The average molecular weight is 434 g/mol. The minimum absolute atomic E-state index is 0.0635. The molecule has 1 aromatic heterocycles. The molecule has 1 aromatic rings. The highest BCUT2D eigenvalue weighted by Gasteiger charge is 2.39. The van der Waals surface area contributed by atoms with Gasteiger partial charge in [-0.1, -0.05) is 0 Å². The van der Waals surface area contributed by atoms with Crippen molar-refractivity contribution in [1.29, 1.82) is 0 Å². The predicted octanol–water partition coefficient (Wildman–Crippen LogP) is 1.10. The second kappa shape index (κ2) is 11.1. The van der Waals surface area contributed by atoms with E-state index in [1.165, 1.54) is 0 Å². The number of anilines is 1. The number of aliphatic carboxylic acids is 1. The van der Waals surface area contributed by atoms with Crippen LogP contribution in [0.1, 0.15) is 12.8 Å². The smallest absolute Gasteiger partial charge is 0.475 e. The first-order valence-electron chi connectivity index (χ1n) is 9.42. The molecule has 2 N–H and O–H groups in total. The Kier molecular flexibility index (Phi) is 8.78. The van der Waals surface area contributed by atoms with Gasteiger partial charge in [-0.3, -0.25) is 4.79 Å². The number of nitrogens with one attached hydrogen (secondary N) is 1. The van der Waals surface area contributed by atoms with Crippen LogP contribution >= 0.6 is 0 Å². The van der Waals surface area contributed by atoms with Crippen LogP contribution in [0.2, 0.25) is 0 Å². The van der Waals surface area contributed by atoms with Gasteiger partial charge < -0.3 is 24.8 Å². The first-order chi connectivity index (χ1) is 14.2. The van der Waals surface area contributed by atoms with Crippen LogP contribution in [0.5, 0.6) is 0 Å². The molecule has 0 radical (unpaired) electrons. The summed E-state index contributed by atoms with van der Waals surface area (Å²) in [5.41, 5.74) is 0. The largest absolute Gasteiger partial charge is 0.490 e. The molecule has 12 heteroatoms. The second-order valence-corrected chi connectivity index (χ2v) is 6.93. The van der Waals surface area contributed by atoms with Crippen LogP contribution in [0.4, 0.5) is 19.1 Å². The standard InChI is InChI=1S/C16H24N4O3.C2HF3O2/c1-22-8-6-17-15(21)13-9-12-10-20(7-3-14(12)23-11-13)16-18-4-2-5-19-16;3-2(4,5)1(6)7/h2,4-5,12-14H,3,6-11H2,1H3,(H,17,21);(H,6,7)/t12-,13-,14+;/m1./s1. The SMILES string of the molecule is COCCNC(=O)[C@H]1CO[C@H]2CCN(c3ncccn3)C[C@H]2C1.O=C(O)C(F)(F)F. The Morgan fingerprint density at radius 2 is 2.03 bits per heavy atom. The molecule has 3 heterocycles. The number of carbonyl (C=O) groups excluding carboxylic acids is 1. The summed E-state index contributed by atoms with van der Waals surface area (Å²) in [6.07, 6.45) is 0.502. The summed E-state index contributed by atoms with van der Waals surface area (Å²) in [4.78, 5) is 31.9. The van der Waals surface area contributed by atoms with Crippen LogP contribution in [0.3, 0.4) is 0 Å². The quantitative estimate of drug-likeness (QED) is 0.663. The molecule has 2 saturated heterocycles. The van der Waals surface area contributed by atoms with Crippen LogP contribution < -0.4 is 10.2 Å². The Morgan fingerprint density at radius 1 is 1.37 bits per heavy atom. The van der Waals surface area contributed by atoms with E-state index in [-0.39, 0.29) is 17.9 Å². The third kappa shape index (κ3) is 7.10. The molecule has 168 valence electrons. The van der Waals surface area contributed by atoms with Crippen molar-refractivity contribution in [2.45, 2.75) is 25.1 Å². The number of hydrogen-bond acceptors (Lipinski definition) is 7. The number of rotatable bonds is 5. The van der Waals surface area contributed by atoms with Crippen LogP contribution in [0, 0.1) is 11.8 Å². The van der Waals surface area contributed by atoms with Crippen LogP contribution in [-0.2, 0) is 19.1 Å². The second-order valence-electron chi connectivity index (χ2n) is 6.93. The molecular weight excluding hydrogens is 409 g/mol. The number of alkyl halides is 3. The lowest BCUT2D eigenvalue weighted by Gasteiger charge is -2.43. The predicted molar refractivity (Wildman–Crippen MR) is 98.8 cm³/mol. The molecular formula is C18H25F3N4O5. The number of piperidine rings is 1. The molecule has 2 aliphatic rings. The van der Waals surface area contributed by atoms with Gasteiger partial charge in [-0.15, -0.1) is 0 Å². The highest BCUT2D eigenvalue weighted by molar-refractivity contribution is 5.78. The lowest BCUT2D eigenvalue weighted by Crippen LogP contribution is -2.51. The number of nitrogens with zero attached hydrogens (tertiary/aromatic N) is 3. The van der Waals surface area contributed by atoms with Crippen molar-refractivity contribution in [3.8, 4) is 0 Å². The molecule has 0 spiro atoms. The third-order valence-electron chi connectivity index (χ3n) is 4.82. The Labute approximate surface area is 171 Å². The normalized spacial score (nSPS) is 23.6. The van der Waals surface area contributed by atoms with Gasteiger partial charge in [-0.05, 0) is 18.9 Å². The van der Waals surface area contributed by atoms with Gasteiger partial charge in [-0.2, -0.15) is 13.2 Å². The Bertz CT molecular complexity index is 692. The molecule has 0 saturated carbocycles. The first kappa shape index (κ1) is 23.8. The van der Waals surface area contributed by atoms with E-state index in [9.17, 15) is 18.0 Å². The minimum atomic E-state index is -5.08. The number of carboxylic acids is 1. The topological polar surface area (TPSA) is 114 Å². The van der Waals surface area contributed by atoms with E-state index < -0.39 is 12.1 Å². The summed E-state index contributed by atoms with van der Waals surface area (Å²) in [6.45, 7) is 3.34. The molecule has 0 aliphatic carbocycles. The van der Waals surface area contributed by atoms with Crippen LogP contribution in [0.15, 0.2) is 18.5 Å². The summed E-state index contributed by atoms with van der Waals surface area (Å²) < 4.78 is 42.6. The maximum Gasteiger partial charge on any atom is 0.490 e. The number of carbonyl (C=O) groups is 2. The van der Waals surface area contributed by atoms with Gasteiger partial charge in [0, 0.05) is 45.1 Å². The monoisotopic (exact) mass is 434 g/mol. The maximum absolute atomic E-state index is 12.2. The van der Waals surface area contributed by atoms with Crippen molar-refractivity contribution >= 4 is 17.8 Å². The molecule has 0 aromatic carbocycles. The number of fused-ring (bicyclic) bond motifs is 1. The van der Waals surface area contributed by atoms with Crippen molar-refractivity contribution < 1.29 is 37.3 Å². The summed E-state index contributed by atoms with van der Waals surface area (Å²) in [5.74, 6) is -1.66. The van der Waals surface area contributed by atoms with Crippen molar-refractivity contribution in [3.05, 3.63) is 18.5 Å². The van der Waals surface area contributed by atoms with E-state index in [0.717, 1.165) is 31.9 Å². The highest BCUT2D eigenvalue weighted by atomic mass is 19.4. The zero-order chi connectivity index (χ0) is 22.1. The lowest BCUT2D eigenvalue weighted by molar-refractivity contribution is -0.192. The van der Waals surface area contributed by atoms with Crippen molar-refractivity contribution in [3.63, 3.8) is 0 Å². The minimum Gasteiger partial charge on any atom is -0.475 e. The number of methoxy groups -OCH3 is 1. The van der Waals surface area contributed by atoms with E-state index in [4.69, 9.17) is 19.4 Å². The fourth-order valence-corrected chi connectivity index (χ4v) is 3.37. The maximum atomic E-state index is 12.2. The summed E-state index contributed by atoms with van der Waals surface area (Å²) >= 11 is 0. The van der Waals surface area contributed by atoms with Crippen molar-refractivity contribution in [2.75, 3.05) is 44.9 Å². The first-order valence-corrected chi connectivity index (χ1v) is 9.42. The summed E-state index contributed by atoms with van der Waals surface area (Å²) in [7, 11) is 1.63. The highest BCUT2D eigenvalue weighted by Crippen LogP contribution is 2.32. The molecule has 0 bridgehead atoms. The third-order valence-corrected chi connectivity index (χ3v) is 4.82. The van der Waals surface area contributed by atoms with E-state index in [1.807, 2.05) is 6.07 Å².